The zero-order valence-corrected chi connectivity index (χ0v) is 10.6. The van der Waals surface area contributed by atoms with E-state index in [2.05, 4.69) is 6.92 Å². The highest BCUT2D eigenvalue weighted by Crippen LogP contribution is 2.17. The molecule has 0 aliphatic carbocycles. The predicted octanol–water partition coefficient (Wildman–Crippen LogP) is 2.19. The SMILES string of the molecule is CCCCCCC(C)C(=O)N1CCC(O)C1. The van der Waals surface area contributed by atoms with Gasteiger partial charge in [0.15, 0.2) is 0 Å². The van der Waals surface area contributed by atoms with Crippen molar-refractivity contribution in [1.29, 1.82) is 0 Å². The van der Waals surface area contributed by atoms with Gasteiger partial charge in [0, 0.05) is 19.0 Å². The Kier molecular flexibility index (Phi) is 5.81. The number of rotatable bonds is 6. The smallest absolute Gasteiger partial charge is 0.225 e. The molecule has 2 atom stereocenters. The summed E-state index contributed by atoms with van der Waals surface area (Å²) in [5.41, 5.74) is 0. The summed E-state index contributed by atoms with van der Waals surface area (Å²) in [4.78, 5) is 13.8. The molecule has 1 aliphatic rings. The summed E-state index contributed by atoms with van der Waals surface area (Å²) in [7, 11) is 0. The largest absolute Gasteiger partial charge is 0.391 e. The molecule has 1 rings (SSSR count). The maximum Gasteiger partial charge on any atom is 0.225 e. The van der Waals surface area contributed by atoms with Crippen molar-refractivity contribution in [1.82, 2.24) is 4.90 Å². The van der Waals surface area contributed by atoms with Crippen LogP contribution in [-0.2, 0) is 4.79 Å². The standard InChI is InChI=1S/C13H25NO2/c1-3-4-5-6-7-11(2)13(16)14-9-8-12(15)10-14/h11-12,15H,3-10H2,1-2H3. The van der Waals surface area contributed by atoms with Gasteiger partial charge >= 0.3 is 0 Å². The minimum atomic E-state index is -0.295. The van der Waals surface area contributed by atoms with Crippen LogP contribution in [0.5, 0.6) is 0 Å². The Morgan fingerprint density at radius 2 is 2.19 bits per heavy atom. The Bertz CT molecular complexity index is 218. The Morgan fingerprint density at radius 3 is 2.75 bits per heavy atom. The highest BCUT2D eigenvalue weighted by Gasteiger charge is 2.27. The number of carbonyl (C=O) groups is 1. The zero-order chi connectivity index (χ0) is 12.0. The maximum absolute atomic E-state index is 12.0. The Hall–Kier alpha value is -0.570. The first-order valence-electron chi connectivity index (χ1n) is 6.62. The molecule has 3 heteroatoms. The molecule has 0 spiro atoms. The van der Waals surface area contributed by atoms with E-state index in [1.54, 1.807) is 0 Å². The van der Waals surface area contributed by atoms with Gasteiger partial charge < -0.3 is 10.0 Å². The molecule has 1 fully saturated rings. The van der Waals surface area contributed by atoms with Gasteiger partial charge in [-0.3, -0.25) is 4.79 Å². The van der Waals surface area contributed by atoms with Crippen LogP contribution in [0.4, 0.5) is 0 Å². The number of likely N-dealkylation sites (tertiary alicyclic amines) is 1. The van der Waals surface area contributed by atoms with E-state index in [0.717, 1.165) is 25.8 Å². The molecule has 1 aliphatic heterocycles. The molecule has 3 nitrogen and oxygen atoms in total. The van der Waals surface area contributed by atoms with E-state index in [1.807, 2.05) is 11.8 Å². The van der Waals surface area contributed by atoms with Crippen LogP contribution in [0.15, 0.2) is 0 Å². The second-order valence-electron chi connectivity index (χ2n) is 4.98. The van der Waals surface area contributed by atoms with E-state index in [-0.39, 0.29) is 17.9 Å². The molecule has 1 N–H and O–H groups in total. The first-order chi connectivity index (χ1) is 7.65. The Labute approximate surface area is 98.8 Å². The van der Waals surface area contributed by atoms with E-state index in [1.165, 1.54) is 19.3 Å². The fourth-order valence-corrected chi connectivity index (χ4v) is 2.25. The number of amides is 1. The van der Waals surface area contributed by atoms with E-state index in [9.17, 15) is 9.90 Å². The second kappa shape index (κ2) is 6.89. The van der Waals surface area contributed by atoms with Gasteiger partial charge in [0.25, 0.3) is 0 Å². The molecule has 0 radical (unpaired) electrons. The third kappa shape index (κ3) is 4.12. The van der Waals surface area contributed by atoms with Gasteiger partial charge in [0.1, 0.15) is 0 Å². The van der Waals surface area contributed by atoms with Crippen molar-refractivity contribution in [2.45, 2.75) is 58.5 Å². The quantitative estimate of drug-likeness (QED) is 0.707. The third-order valence-corrected chi connectivity index (χ3v) is 3.39. The van der Waals surface area contributed by atoms with Crippen LogP contribution in [-0.4, -0.2) is 35.1 Å². The van der Waals surface area contributed by atoms with E-state index >= 15 is 0 Å². The van der Waals surface area contributed by atoms with Crippen LogP contribution >= 0.6 is 0 Å². The highest BCUT2D eigenvalue weighted by molar-refractivity contribution is 5.78. The molecule has 0 aromatic heterocycles. The number of unbranched alkanes of at least 4 members (excludes halogenated alkanes) is 3. The lowest BCUT2D eigenvalue weighted by atomic mass is 10.0. The minimum absolute atomic E-state index is 0.127. The normalized spacial score (nSPS) is 22.4. The van der Waals surface area contributed by atoms with Crippen molar-refractivity contribution in [3.8, 4) is 0 Å². The summed E-state index contributed by atoms with van der Waals surface area (Å²) in [5.74, 6) is 0.357. The molecule has 1 heterocycles. The summed E-state index contributed by atoms with van der Waals surface area (Å²) in [6.45, 7) is 5.48. The van der Waals surface area contributed by atoms with Crippen LogP contribution in [0.3, 0.4) is 0 Å². The molecule has 1 saturated heterocycles. The van der Waals surface area contributed by atoms with Crippen LogP contribution in [0.25, 0.3) is 0 Å². The lowest BCUT2D eigenvalue weighted by molar-refractivity contribution is -0.134. The van der Waals surface area contributed by atoms with Crippen molar-refractivity contribution in [2.75, 3.05) is 13.1 Å². The van der Waals surface area contributed by atoms with E-state index < -0.39 is 0 Å². The van der Waals surface area contributed by atoms with E-state index in [0.29, 0.717) is 6.54 Å². The van der Waals surface area contributed by atoms with Gasteiger partial charge in [-0.25, -0.2) is 0 Å². The van der Waals surface area contributed by atoms with Crippen molar-refractivity contribution in [3.05, 3.63) is 0 Å². The number of aliphatic hydroxyl groups excluding tert-OH is 1. The first kappa shape index (κ1) is 13.5. The van der Waals surface area contributed by atoms with Gasteiger partial charge in [-0.05, 0) is 12.8 Å². The molecule has 16 heavy (non-hydrogen) atoms. The second-order valence-corrected chi connectivity index (χ2v) is 4.98. The van der Waals surface area contributed by atoms with Gasteiger partial charge in [-0.1, -0.05) is 39.5 Å². The molecule has 0 saturated carbocycles. The zero-order valence-electron chi connectivity index (χ0n) is 10.6. The average molecular weight is 227 g/mol. The summed E-state index contributed by atoms with van der Waals surface area (Å²) in [6.07, 6.45) is 6.33. The van der Waals surface area contributed by atoms with Crippen LogP contribution in [0, 0.1) is 5.92 Å². The van der Waals surface area contributed by atoms with Crippen LogP contribution in [0.1, 0.15) is 52.4 Å². The summed E-state index contributed by atoms with van der Waals surface area (Å²) in [6, 6.07) is 0. The Balaban J connectivity index is 2.20. The number of β-amino-alcohol motifs (C(OH)–C–C–N with tert-alkyl or cyclic N) is 1. The average Bonchev–Trinajstić information content (AvgIpc) is 2.70. The topological polar surface area (TPSA) is 40.5 Å². The Morgan fingerprint density at radius 1 is 1.44 bits per heavy atom. The third-order valence-electron chi connectivity index (χ3n) is 3.39. The van der Waals surface area contributed by atoms with Crippen molar-refractivity contribution in [2.24, 2.45) is 5.92 Å². The van der Waals surface area contributed by atoms with Crippen molar-refractivity contribution < 1.29 is 9.90 Å². The molecular weight excluding hydrogens is 202 g/mol. The molecule has 94 valence electrons. The van der Waals surface area contributed by atoms with Crippen molar-refractivity contribution in [3.63, 3.8) is 0 Å². The minimum Gasteiger partial charge on any atom is -0.391 e. The molecule has 0 bridgehead atoms. The van der Waals surface area contributed by atoms with Gasteiger partial charge in [-0.15, -0.1) is 0 Å². The molecular formula is C13H25NO2. The summed E-state index contributed by atoms with van der Waals surface area (Å²) in [5, 5.41) is 9.38. The van der Waals surface area contributed by atoms with Crippen molar-refractivity contribution >= 4 is 5.91 Å². The monoisotopic (exact) mass is 227 g/mol. The fraction of sp³-hybridized carbons (Fsp3) is 0.923. The lowest BCUT2D eigenvalue weighted by Gasteiger charge is -2.20. The summed E-state index contributed by atoms with van der Waals surface area (Å²) < 4.78 is 0. The lowest BCUT2D eigenvalue weighted by Crippen LogP contribution is -2.33. The predicted molar refractivity (Wildman–Crippen MR) is 65.1 cm³/mol. The molecule has 1 amide bonds. The summed E-state index contributed by atoms with van der Waals surface area (Å²) >= 11 is 0. The molecule has 2 unspecified atom stereocenters. The van der Waals surface area contributed by atoms with E-state index in [4.69, 9.17) is 0 Å². The number of hydrogen-bond donors (Lipinski definition) is 1. The van der Waals surface area contributed by atoms with Gasteiger partial charge in [-0.2, -0.15) is 0 Å². The fourth-order valence-electron chi connectivity index (χ4n) is 2.25. The van der Waals surface area contributed by atoms with Crippen LogP contribution in [0.2, 0.25) is 0 Å². The molecule has 0 aromatic rings. The highest BCUT2D eigenvalue weighted by atomic mass is 16.3. The maximum atomic E-state index is 12.0. The number of aliphatic hydroxyl groups is 1. The van der Waals surface area contributed by atoms with Gasteiger partial charge in [0.2, 0.25) is 5.91 Å². The molecule has 0 aromatic carbocycles. The van der Waals surface area contributed by atoms with Gasteiger partial charge in [0.05, 0.1) is 6.10 Å². The van der Waals surface area contributed by atoms with Crippen LogP contribution < -0.4 is 0 Å². The number of nitrogens with zero attached hydrogens (tertiary/aromatic N) is 1. The number of carbonyl (C=O) groups excluding carboxylic acids is 1. The first-order valence-corrected chi connectivity index (χ1v) is 6.62. The number of hydrogen-bond acceptors (Lipinski definition) is 2.